The molecule has 0 bridgehead atoms. The SMILES string of the molecule is COc1ccc(CCC(=O)O)cc1OCc1ccc(C)cc1. The highest BCUT2D eigenvalue weighted by molar-refractivity contribution is 5.67. The number of ether oxygens (including phenoxy) is 2. The van der Waals surface area contributed by atoms with Crippen LogP contribution in [0.2, 0.25) is 0 Å². The quantitative estimate of drug-likeness (QED) is 0.849. The second-order valence-corrected chi connectivity index (χ2v) is 5.15. The number of carbonyl (C=O) groups is 1. The molecule has 0 aliphatic rings. The maximum atomic E-state index is 10.7. The van der Waals surface area contributed by atoms with E-state index in [1.165, 1.54) is 5.56 Å². The highest BCUT2D eigenvalue weighted by Crippen LogP contribution is 2.29. The molecule has 0 saturated heterocycles. The molecule has 116 valence electrons. The molecule has 0 atom stereocenters. The zero-order chi connectivity index (χ0) is 15.9. The van der Waals surface area contributed by atoms with Gasteiger partial charge >= 0.3 is 5.97 Å². The fraction of sp³-hybridized carbons (Fsp3) is 0.278. The number of aryl methyl sites for hydroxylation is 2. The second kappa shape index (κ2) is 7.50. The van der Waals surface area contributed by atoms with Crippen molar-refractivity contribution < 1.29 is 19.4 Å². The normalized spacial score (nSPS) is 10.3. The van der Waals surface area contributed by atoms with E-state index in [-0.39, 0.29) is 6.42 Å². The van der Waals surface area contributed by atoms with E-state index in [1.54, 1.807) is 7.11 Å². The Bertz CT molecular complexity index is 632. The van der Waals surface area contributed by atoms with Gasteiger partial charge in [0.1, 0.15) is 6.61 Å². The third-order valence-corrected chi connectivity index (χ3v) is 3.37. The smallest absolute Gasteiger partial charge is 0.303 e. The lowest BCUT2D eigenvalue weighted by Crippen LogP contribution is -2.00. The van der Waals surface area contributed by atoms with Gasteiger partial charge in [-0.3, -0.25) is 4.79 Å². The van der Waals surface area contributed by atoms with Crippen LogP contribution >= 0.6 is 0 Å². The molecule has 0 aliphatic carbocycles. The molecule has 0 heterocycles. The minimum atomic E-state index is -0.807. The standard InChI is InChI=1S/C18H20O4/c1-13-3-5-15(6-4-13)12-22-17-11-14(8-10-18(19)20)7-9-16(17)21-2/h3-7,9,11H,8,10,12H2,1-2H3,(H,19,20). The van der Waals surface area contributed by atoms with Crippen molar-refractivity contribution in [3.05, 3.63) is 59.2 Å². The van der Waals surface area contributed by atoms with Gasteiger partial charge in [-0.15, -0.1) is 0 Å². The first-order valence-electron chi connectivity index (χ1n) is 7.15. The van der Waals surface area contributed by atoms with Crippen LogP contribution in [0.3, 0.4) is 0 Å². The fourth-order valence-electron chi connectivity index (χ4n) is 2.09. The van der Waals surface area contributed by atoms with Crippen LogP contribution in [-0.2, 0) is 17.8 Å². The lowest BCUT2D eigenvalue weighted by Gasteiger charge is -2.12. The lowest BCUT2D eigenvalue weighted by molar-refractivity contribution is -0.136. The summed E-state index contributed by atoms with van der Waals surface area (Å²) < 4.78 is 11.1. The molecular weight excluding hydrogens is 280 g/mol. The van der Waals surface area contributed by atoms with Crippen LogP contribution in [0.25, 0.3) is 0 Å². The van der Waals surface area contributed by atoms with E-state index < -0.39 is 5.97 Å². The number of benzene rings is 2. The number of aliphatic carboxylic acids is 1. The zero-order valence-electron chi connectivity index (χ0n) is 12.8. The predicted octanol–water partition coefficient (Wildman–Crippen LogP) is 3.60. The molecule has 0 saturated carbocycles. The van der Waals surface area contributed by atoms with Gasteiger partial charge in [0.15, 0.2) is 11.5 Å². The Morgan fingerprint density at radius 2 is 1.73 bits per heavy atom. The summed E-state index contributed by atoms with van der Waals surface area (Å²) >= 11 is 0. The van der Waals surface area contributed by atoms with E-state index in [1.807, 2.05) is 49.4 Å². The molecule has 0 amide bonds. The third-order valence-electron chi connectivity index (χ3n) is 3.37. The van der Waals surface area contributed by atoms with Gasteiger partial charge in [0.25, 0.3) is 0 Å². The monoisotopic (exact) mass is 300 g/mol. The highest BCUT2D eigenvalue weighted by atomic mass is 16.5. The summed E-state index contributed by atoms with van der Waals surface area (Å²) in [6.45, 7) is 2.48. The van der Waals surface area contributed by atoms with Crippen LogP contribution in [0.1, 0.15) is 23.1 Å². The van der Waals surface area contributed by atoms with Crippen LogP contribution in [0.5, 0.6) is 11.5 Å². The van der Waals surface area contributed by atoms with Crippen molar-refractivity contribution in [2.75, 3.05) is 7.11 Å². The molecule has 0 aliphatic heterocycles. The van der Waals surface area contributed by atoms with Crippen LogP contribution in [0.15, 0.2) is 42.5 Å². The summed E-state index contributed by atoms with van der Waals surface area (Å²) in [6, 6.07) is 13.6. The first-order chi connectivity index (χ1) is 10.6. The number of hydrogen-bond acceptors (Lipinski definition) is 3. The summed E-state index contributed by atoms with van der Waals surface area (Å²) in [4.78, 5) is 10.7. The zero-order valence-corrected chi connectivity index (χ0v) is 12.8. The maximum Gasteiger partial charge on any atom is 0.303 e. The number of rotatable bonds is 7. The Balaban J connectivity index is 2.08. The predicted molar refractivity (Wildman–Crippen MR) is 84.5 cm³/mol. The van der Waals surface area contributed by atoms with Crippen LogP contribution < -0.4 is 9.47 Å². The van der Waals surface area contributed by atoms with Gasteiger partial charge in [-0.05, 0) is 36.6 Å². The highest BCUT2D eigenvalue weighted by Gasteiger charge is 2.08. The van der Waals surface area contributed by atoms with Crippen molar-refractivity contribution >= 4 is 5.97 Å². The van der Waals surface area contributed by atoms with Crippen molar-refractivity contribution in [2.45, 2.75) is 26.4 Å². The summed E-state index contributed by atoms with van der Waals surface area (Å²) in [5.74, 6) is 0.468. The molecule has 0 radical (unpaired) electrons. The first kappa shape index (κ1) is 15.9. The van der Waals surface area contributed by atoms with Gasteiger partial charge in [-0.2, -0.15) is 0 Å². The molecule has 2 rings (SSSR count). The van der Waals surface area contributed by atoms with E-state index in [9.17, 15) is 4.79 Å². The number of carboxylic acids is 1. The molecule has 22 heavy (non-hydrogen) atoms. The second-order valence-electron chi connectivity index (χ2n) is 5.15. The molecule has 4 heteroatoms. The number of methoxy groups -OCH3 is 1. The van der Waals surface area contributed by atoms with Gasteiger partial charge in [0, 0.05) is 6.42 Å². The lowest BCUT2D eigenvalue weighted by atomic mass is 10.1. The van der Waals surface area contributed by atoms with Crippen molar-refractivity contribution in [2.24, 2.45) is 0 Å². The minimum absolute atomic E-state index is 0.101. The minimum Gasteiger partial charge on any atom is -0.493 e. The van der Waals surface area contributed by atoms with Gasteiger partial charge in [0.05, 0.1) is 7.11 Å². The topological polar surface area (TPSA) is 55.8 Å². The Labute approximate surface area is 130 Å². The summed E-state index contributed by atoms with van der Waals surface area (Å²) in [5, 5.41) is 8.76. The van der Waals surface area contributed by atoms with Gasteiger partial charge in [-0.25, -0.2) is 0 Å². The van der Waals surface area contributed by atoms with Crippen LogP contribution in [-0.4, -0.2) is 18.2 Å². The first-order valence-corrected chi connectivity index (χ1v) is 7.15. The van der Waals surface area contributed by atoms with Gasteiger partial charge < -0.3 is 14.6 Å². The molecule has 2 aromatic rings. The van der Waals surface area contributed by atoms with Crippen molar-refractivity contribution in [3.8, 4) is 11.5 Å². The third kappa shape index (κ3) is 4.52. The van der Waals surface area contributed by atoms with E-state index in [2.05, 4.69) is 0 Å². The Morgan fingerprint density at radius 3 is 2.36 bits per heavy atom. The van der Waals surface area contributed by atoms with E-state index in [4.69, 9.17) is 14.6 Å². The Morgan fingerprint density at radius 1 is 1.05 bits per heavy atom. The number of hydrogen-bond donors (Lipinski definition) is 1. The number of carboxylic acid groups (broad SMARTS) is 1. The Hall–Kier alpha value is -2.49. The molecular formula is C18H20O4. The van der Waals surface area contributed by atoms with Crippen molar-refractivity contribution in [1.29, 1.82) is 0 Å². The maximum absolute atomic E-state index is 10.7. The molecule has 2 aromatic carbocycles. The average molecular weight is 300 g/mol. The molecule has 0 unspecified atom stereocenters. The molecule has 0 spiro atoms. The van der Waals surface area contributed by atoms with Crippen LogP contribution in [0.4, 0.5) is 0 Å². The van der Waals surface area contributed by atoms with E-state index in [0.717, 1.165) is 11.1 Å². The fourth-order valence-corrected chi connectivity index (χ4v) is 2.09. The molecule has 4 nitrogen and oxygen atoms in total. The van der Waals surface area contributed by atoms with Gasteiger partial charge in [-0.1, -0.05) is 35.9 Å². The van der Waals surface area contributed by atoms with Crippen molar-refractivity contribution in [3.63, 3.8) is 0 Å². The van der Waals surface area contributed by atoms with E-state index in [0.29, 0.717) is 24.5 Å². The Kier molecular flexibility index (Phi) is 5.42. The average Bonchev–Trinajstić information content (AvgIpc) is 2.52. The molecule has 0 aromatic heterocycles. The summed E-state index contributed by atoms with van der Waals surface area (Å²) in [5.41, 5.74) is 3.20. The van der Waals surface area contributed by atoms with Crippen LogP contribution in [0, 0.1) is 6.92 Å². The summed E-state index contributed by atoms with van der Waals surface area (Å²) in [7, 11) is 1.59. The summed E-state index contributed by atoms with van der Waals surface area (Å²) in [6.07, 6.45) is 0.573. The van der Waals surface area contributed by atoms with E-state index >= 15 is 0 Å². The van der Waals surface area contributed by atoms with Gasteiger partial charge in [0.2, 0.25) is 0 Å². The largest absolute Gasteiger partial charge is 0.493 e. The molecule has 0 fully saturated rings. The van der Waals surface area contributed by atoms with Crippen molar-refractivity contribution in [1.82, 2.24) is 0 Å². The molecule has 1 N–H and O–H groups in total.